The van der Waals surface area contributed by atoms with Crippen LogP contribution in [0.15, 0.2) is 51.7 Å². The third kappa shape index (κ3) is 3.21. The number of rotatable bonds is 4. The zero-order valence-corrected chi connectivity index (χ0v) is 14.2. The van der Waals surface area contributed by atoms with Gasteiger partial charge in [-0.05, 0) is 30.2 Å². The van der Waals surface area contributed by atoms with Crippen molar-refractivity contribution in [2.75, 3.05) is 7.05 Å². The molecule has 6 heteroatoms. The van der Waals surface area contributed by atoms with Crippen molar-refractivity contribution in [1.29, 1.82) is 0 Å². The zero-order valence-electron chi connectivity index (χ0n) is 13.5. The van der Waals surface area contributed by atoms with Crippen LogP contribution in [0.4, 0.5) is 0 Å². The number of fused-ring (bicyclic) bond motifs is 1. The summed E-state index contributed by atoms with van der Waals surface area (Å²) in [5.74, 6) is -0.733. The van der Waals surface area contributed by atoms with Crippen molar-refractivity contribution in [3.05, 3.63) is 69.2 Å². The van der Waals surface area contributed by atoms with Crippen LogP contribution in [-0.4, -0.2) is 22.4 Å². The predicted molar refractivity (Wildman–Crippen MR) is 93.1 cm³/mol. The summed E-state index contributed by atoms with van der Waals surface area (Å²) < 4.78 is 6.47. The molecule has 124 valence electrons. The van der Waals surface area contributed by atoms with Gasteiger partial charge in [0.05, 0.1) is 5.52 Å². The van der Waals surface area contributed by atoms with E-state index in [4.69, 9.17) is 16.0 Å². The van der Waals surface area contributed by atoms with E-state index in [1.807, 2.05) is 31.2 Å². The molecule has 0 bridgehead atoms. The second kappa shape index (κ2) is 6.53. The highest BCUT2D eigenvalue weighted by Crippen LogP contribution is 2.18. The minimum atomic E-state index is -0.565. The minimum absolute atomic E-state index is 0.0736. The normalized spacial score (nSPS) is 11.0. The molecule has 0 unspecified atom stereocenters. The number of aromatic nitrogens is 1. The van der Waals surface area contributed by atoms with E-state index in [2.05, 4.69) is 0 Å². The van der Waals surface area contributed by atoms with Gasteiger partial charge >= 0.3 is 5.76 Å². The lowest BCUT2D eigenvalue weighted by atomic mass is 10.1. The van der Waals surface area contributed by atoms with Crippen LogP contribution in [0.25, 0.3) is 11.1 Å². The van der Waals surface area contributed by atoms with Crippen molar-refractivity contribution in [1.82, 2.24) is 9.47 Å². The van der Waals surface area contributed by atoms with Gasteiger partial charge in [0.15, 0.2) is 5.58 Å². The summed E-state index contributed by atoms with van der Waals surface area (Å²) in [4.78, 5) is 26.1. The smallest absolute Gasteiger partial charge is 0.408 e. The van der Waals surface area contributed by atoms with Crippen LogP contribution in [0.3, 0.4) is 0 Å². The average molecular weight is 345 g/mol. The quantitative estimate of drug-likeness (QED) is 0.730. The molecule has 0 radical (unpaired) electrons. The van der Waals surface area contributed by atoms with Crippen LogP contribution in [0.5, 0.6) is 0 Å². The van der Waals surface area contributed by atoms with Gasteiger partial charge in [-0.15, -0.1) is 0 Å². The van der Waals surface area contributed by atoms with E-state index in [1.54, 1.807) is 30.1 Å². The van der Waals surface area contributed by atoms with Crippen molar-refractivity contribution in [3.63, 3.8) is 0 Å². The number of carbonyl (C=O) groups is 1. The van der Waals surface area contributed by atoms with E-state index in [0.29, 0.717) is 22.7 Å². The Morgan fingerprint density at radius 1 is 1.25 bits per heavy atom. The Morgan fingerprint density at radius 2 is 2.00 bits per heavy atom. The van der Waals surface area contributed by atoms with Crippen LogP contribution >= 0.6 is 11.6 Å². The topological polar surface area (TPSA) is 55.5 Å². The zero-order chi connectivity index (χ0) is 17.3. The largest absolute Gasteiger partial charge is 0.420 e. The van der Waals surface area contributed by atoms with Gasteiger partial charge in [0, 0.05) is 24.7 Å². The molecule has 0 fully saturated rings. The summed E-state index contributed by atoms with van der Waals surface area (Å²) in [7, 11) is 1.72. The first kappa shape index (κ1) is 16.3. The van der Waals surface area contributed by atoms with Crippen molar-refractivity contribution in [2.45, 2.75) is 20.0 Å². The van der Waals surface area contributed by atoms with Gasteiger partial charge in [0.2, 0.25) is 5.91 Å². The van der Waals surface area contributed by atoms with Gasteiger partial charge < -0.3 is 9.32 Å². The fraction of sp³-hybridized carbons (Fsp3) is 0.222. The summed E-state index contributed by atoms with van der Waals surface area (Å²) >= 11 is 5.90. The van der Waals surface area contributed by atoms with Gasteiger partial charge in [-0.1, -0.05) is 35.9 Å². The number of aryl methyl sites for hydroxylation is 1. The highest BCUT2D eigenvalue weighted by atomic mass is 35.5. The molecule has 1 amide bonds. The summed E-state index contributed by atoms with van der Waals surface area (Å²) in [6, 6.07) is 12.8. The maximum Gasteiger partial charge on any atom is 0.420 e. The van der Waals surface area contributed by atoms with Crippen LogP contribution < -0.4 is 5.76 Å². The molecule has 5 nitrogen and oxygen atoms in total. The molecule has 0 atom stereocenters. The van der Waals surface area contributed by atoms with Crippen molar-refractivity contribution >= 4 is 28.6 Å². The monoisotopic (exact) mass is 344 g/mol. The lowest BCUT2D eigenvalue weighted by Gasteiger charge is -2.18. The number of benzene rings is 2. The lowest BCUT2D eigenvalue weighted by Crippen LogP contribution is -2.32. The highest BCUT2D eigenvalue weighted by molar-refractivity contribution is 6.31. The number of amides is 1. The molecule has 0 saturated heterocycles. The Balaban J connectivity index is 1.81. The average Bonchev–Trinajstić information content (AvgIpc) is 2.84. The molecule has 1 heterocycles. The van der Waals surface area contributed by atoms with Crippen molar-refractivity contribution in [3.8, 4) is 0 Å². The fourth-order valence-corrected chi connectivity index (χ4v) is 2.74. The van der Waals surface area contributed by atoms with E-state index in [1.165, 1.54) is 4.57 Å². The SMILES string of the molecule is Cc1ccccc1CN(C)C(=O)Cn1c(=O)oc2cc(Cl)ccc21. The molecule has 0 aliphatic heterocycles. The standard InChI is InChI=1S/C18H17ClN2O3/c1-12-5-3-4-6-13(12)10-20(2)17(22)11-21-15-8-7-14(19)9-16(15)24-18(21)23/h3-9H,10-11H2,1-2H3. The number of oxazole rings is 1. The molecule has 0 spiro atoms. The van der Waals surface area contributed by atoms with E-state index < -0.39 is 5.76 Å². The molecular weight excluding hydrogens is 328 g/mol. The van der Waals surface area contributed by atoms with Gasteiger partial charge in [0.1, 0.15) is 6.54 Å². The highest BCUT2D eigenvalue weighted by Gasteiger charge is 2.16. The molecule has 0 saturated carbocycles. The molecule has 24 heavy (non-hydrogen) atoms. The van der Waals surface area contributed by atoms with E-state index in [-0.39, 0.29) is 12.5 Å². The van der Waals surface area contributed by atoms with Gasteiger partial charge in [-0.25, -0.2) is 4.79 Å². The number of likely N-dealkylation sites (N-methyl/N-ethyl adjacent to an activating group) is 1. The lowest BCUT2D eigenvalue weighted by molar-refractivity contribution is -0.131. The Bertz CT molecular complexity index is 958. The molecule has 3 aromatic rings. The first-order valence-electron chi connectivity index (χ1n) is 7.53. The van der Waals surface area contributed by atoms with Crippen LogP contribution in [0.2, 0.25) is 5.02 Å². The first-order valence-corrected chi connectivity index (χ1v) is 7.91. The maximum absolute atomic E-state index is 12.5. The molecule has 0 aliphatic carbocycles. The van der Waals surface area contributed by atoms with E-state index in [0.717, 1.165) is 11.1 Å². The first-order chi connectivity index (χ1) is 11.5. The van der Waals surface area contributed by atoms with Gasteiger partial charge in [0.25, 0.3) is 0 Å². The van der Waals surface area contributed by atoms with Crippen molar-refractivity contribution in [2.24, 2.45) is 0 Å². The Labute approximate surface area is 144 Å². The molecule has 3 rings (SSSR count). The van der Waals surface area contributed by atoms with Crippen LogP contribution in [-0.2, 0) is 17.9 Å². The summed E-state index contributed by atoms with van der Waals surface area (Å²) in [6.45, 7) is 2.42. The molecule has 0 aliphatic rings. The summed E-state index contributed by atoms with van der Waals surface area (Å²) in [5, 5.41) is 0.478. The Hall–Kier alpha value is -2.53. The molecule has 2 aromatic carbocycles. The number of nitrogens with zero attached hydrogens (tertiary/aromatic N) is 2. The van der Waals surface area contributed by atoms with Gasteiger partial charge in [-0.2, -0.15) is 0 Å². The summed E-state index contributed by atoms with van der Waals surface area (Å²) in [5.41, 5.74) is 3.13. The molecule has 0 N–H and O–H groups in total. The second-order valence-corrected chi connectivity index (χ2v) is 6.18. The number of halogens is 1. The van der Waals surface area contributed by atoms with E-state index >= 15 is 0 Å². The third-order valence-electron chi connectivity index (χ3n) is 4.02. The second-order valence-electron chi connectivity index (χ2n) is 5.74. The summed E-state index contributed by atoms with van der Waals surface area (Å²) in [6.07, 6.45) is 0. The maximum atomic E-state index is 12.5. The van der Waals surface area contributed by atoms with Crippen LogP contribution in [0.1, 0.15) is 11.1 Å². The molecular formula is C18H17ClN2O3. The Morgan fingerprint density at radius 3 is 2.75 bits per heavy atom. The predicted octanol–water partition coefficient (Wildman–Crippen LogP) is 3.21. The minimum Gasteiger partial charge on any atom is -0.408 e. The van der Waals surface area contributed by atoms with Gasteiger partial charge in [-0.3, -0.25) is 9.36 Å². The Kier molecular flexibility index (Phi) is 4.44. The third-order valence-corrected chi connectivity index (χ3v) is 4.25. The van der Waals surface area contributed by atoms with Crippen molar-refractivity contribution < 1.29 is 9.21 Å². The molecule has 1 aromatic heterocycles. The van der Waals surface area contributed by atoms with E-state index in [9.17, 15) is 9.59 Å². The number of hydrogen-bond donors (Lipinski definition) is 0. The number of carbonyl (C=O) groups excluding carboxylic acids is 1. The fourth-order valence-electron chi connectivity index (χ4n) is 2.58. The number of hydrogen-bond acceptors (Lipinski definition) is 3. The van der Waals surface area contributed by atoms with Crippen LogP contribution in [0, 0.1) is 6.92 Å².